The van der Waals surface area contributed by atoms with Crippen LogP contribution in [0.5, 0.6) is 0 Å². The van der Waals surface area contributed by atoms with Gasteiger partial charge in [0.25, 0.3) is 6.43 Å². The molecule has 0 saturated heterocycles. The number of aromatic nitrogens is 4. The Labute approximate surface area is 143 Å². The minimum atomic E-state index is -3.42. The molecule has 136 valence electrons. The summed E-state index contributed by atoms with van der Waals surface area (Å²) >= 11 is 0. The molecule has 0 bridgehead atoms. The predicted octanol–water partition coefficient (Wildman–Crippen LogP) is 2.91. The lowest BCUT2D eigenvalue weighted by atomic mass is 9.93. The van der Waals surface area contributed by atoms with Crippen LogP contribution in [0.4, 0.5) is 22.0 Å². The van der Waals surface area contributed by atoms with E-state index >= 15 is 0 Å². The van der Waals surface area contributed by atoms with Crippen LogP contribution in [-0.4, -0.2) is 31.7 Å². The molecular weight excluding hydrogens is 359 g/mol. The Kier molecular flexibility index (Phi) is 4.68. The molecule has 3 aromatic rings. The van der Waals surface area contributed by atoms with Crippen molar-refractivity contribution in [2.24, 2.45) is 0 Å². The monoisotopic (exact) mass is 370 g/mol. The number of benzene rings is 2. The molecule has 0 aliphatic heterocycles. The number of alkyl halides is 2. The topological polar surface area (TPSA) is 63.8 Å². The molecule has 0 radical (unpaired) electrons. The van der Waals surface area contributed by atoms with E-state index < -0.39 is 41.6 Å². The van der Waals surface area contributed by atoms with Gasteiger partial charge in [-0.1, -0.05) is 6.07 Å². The van der Waals surface area contributed by atoms with Crippen molar-refractivity contribution >= 4 is 0 Å². The van der Waals surface area contributed by atoms with Gasteiger partial charge in [0, 0.05) is 17.2 Å². The number of rotatable bonds is 5. The Morgan fingerprint density at radius 1 is 1.00 bits per heavy atom. The number of aliphatic hydroxyl groups is 1. The highest BCUT2D eigenvalue weighted by Crippen LogP contribution is 2.33. The zero-order valence-electron chi connectivity index (χ0n) is 13.0. The summed E-state index contributed by atoms with van der Waals surface area (Å²) in [6, 6.07) is 6.75. The number of tetrazole rings is 1. The van der Waals surface area contributed by atoms with E-state index in [1.54, 1.807) is 0 Å². The van der Waals surface area contributed by atoms with Crippen molar-refractivity contribution in [3.8, 4) is 11.4 Å². The number of nitrogens with zero attached hydrogens (tertiary/aromatic N) is 4. The van der Waals surface area contributed by atoms with Gasteiger partial charge in [0.1, 0.15) is 17.5 Å². The summed E-state index contributed by atoms with van der Waals surface area (Å²) in [7, 11) is 0. The fraction of sp³-hybridized carbons (Fsp3) is 0.188. The smallest absolute Gasteiger partial charge is 0.272 e. The summed E-state index contributed by atoms with van der Waals surface area (Å²) in [5.41, 5.74) is -3.51. The van der Waals surface area contributed by atoms with Crippen LogP contribution in [0.15, 0.2) is 42.5 Å². The molecule has 1 atom stereocenters. The van der Waals surface area contributed by atoms with Crippen molar-refractivity contribution < 1.29 is 27.1 Å². The fourth-order valence-electron chi connectivity index (χ4n) is 2.46. The van der Waals surface area contributed by atoms with Crippen molar-refractivity contribution in [3.05, 3.63) is 65.5 Å². The number of halogens is 5. The Hall–Kier alpha value is -2.88. The molecule has 3 rings (SSSR count). The van der Waals surface area contributed by atoms with E-state index in [4.69, 9.17) is 0 Å². The first-order chi connectivity index (χ1) is 12.3. The molecule has 10 heteroatoms. The molecule has 0 saturated carbocycles. The summed E-state index contributed by atoms with van der Waals surface area (Å²) < 4.78 is 68.1. The maximum absolute atomic E-state index is 14.0. The van der Waals surface area contributed by atoms with Crippen molar-refractivity contribution in [2.75, 3.05) is 0 Å². The maximum Gasteiger partial charge on any atom is 0.272 e. The Morgan fingerprint density at radius 2 is 1.65 bits per heavy atom. The van der Waals surface area contributed by atoms with Crippen molar-refractivity contribution in [1.82, 2.24) is 20.2 Å². The molecule has 0 aliphatic carbocycles. The van der Waals surface area contributed by atoms with E-state index in [2.05, 4.69) is 15.5 Å². The van der Waals surface area contributed by atoms with Gasteiger partial charge in [-0.25, -0.2) is 26.6 Å². The van der Waals surface area contributed by atoms with Crippen LogP contribution in [0.2, 0.25) is 0 Å². The minimum absolute atomic E-state index is 0.0356. The first-order valence-corrected chi connectivity index (χ1v) is 7.29. The van der Waals surface area contributed by atoms with E-state index in [1.165, 1.54) is 12.1 Å². The lowest BCUT2D eigenvalue weighted by Crippen LogP contribution is -2.40. The highest BCUT2D eigenvalue weighted by Gasteiger charge is 2.43. The van der Waals surface area contributed by atoms with Gasteiger partial charge in [-0.15, -0.1) is 5.10 Å². The summed E-state index contributed by atoms with van der Waals surface area (Å²) in [5.74, 6) is -2.86. The maximum atomic E-state index is 14.0. The van der Waals surface area contributed by atoms with E-state index in [1.807, 2.05) is 0 Å². The van der Waals surface area contributed by atoms with Gasteiger partial charge in [-0.05, 0) is 40.8 Å². The second-order valence-corrected chi connectivity index (χ2v) is 5.52. The van der Waals surface area contributed by atoms with Crippen LogP contribution in [0.1, 0.15) is 5.56 Å². The van der Waals surface area contributed by atoms with Crippen LogP contribution < -0.4 is 0 Å². The molecule has 2 aromatic carbocycles. The van der Waals surface area contributed by atoms with E-state index in [-0.39, 0.29) is 5.82 Å². The van der Waals surface area contributed by atoms with Gasteiger partial charge in [-0.2, -0.15) is 0 Å². The van der Waals surface area contributed by atoms with Crippen LogP contribution in [0.3, 0.4) is 0 Å². The largest absolute Gasteiger partial charge is 0.377 e. The highest BCUT2D eigenvalue weighted by molar-refractivity contribution is 5.54. The fourth-order valence-corrected chi connectivity index (χ4v) is 2.46. The van der Waals surface area contributed by atoms with Gasteiger partial charge < -0.3 is 5.11 Å². The zero-order chi connectivity index (χ0) is 18.9. The predicted molar refractivity (Wildman–Crippen MR) is 79.5 cm³/mol. The molecule has 1 aromatic heterocycles. The molecule has 0 amide bonds. The molecule has 0 fully saturated rings. The van der Waals surface area contributed by atoms with Gasteiger partial charge >= 0.3 is 0 Å². The Morgan fingerprint density at radius 3 is 2.27 bits per heavy atom. The number of hydrogen-bond donors (Lipinski definition) is 1. The van der Waals surface area contributed by atoms with Gasteiger partial charge in [-0.3, -0.25) is 0 Å². The molecule has 26 heavy (non-hydrogen) atoms. The van der Waals surface area contributed by atoms with E-state index in [0.717, 1.165) is 28.9 Å². The van der Waals surface area contributed by atoms with Crippen molar-refractivity contribution in [2.45, 2.75) is 18.6 Å². The normalized spacial score (nSPS) is 13.8. The highest BCUT2D eigenvalue weighted by atomic mass is 19.3. The van der Waals surface area contributed by atoms with Gasteiger partial charge in [0.15, 0.2) is 11.4 Å². The molecular formula is C16H11F5N4O. The molecule has 0 aliphatic rings. The number of hydrogen-bond acceptors (Lipinski definition) is 4. The average Bonchev–Trinajstić information content (AvgIpc) is 3.03. The summed E-state index contributed by atoms with van der Waals surface area (Å²) in [6.45, 7) is -0.910. The molecule has 5 nitrogen and oxygen atoms in total. The van der Waals surface area contributed by atoms with Crippen LogP contribution in [-0.2, 0) is 12.1 Å². The van der Waals surface area contributed by atoms with Crippen LogP contribution in [0.25, 0.3) is 11.4 Å². The molecule has 0 spiro atoms. The van der Waals surface area contributed by atoms with E-state index in [0.29, 0.717) is 11.6 Å². The van der Waals surface area contributed by atoms with Crippen molar-refractivity contribution in [1.29, 1.82) is 0 Å². The summed E-state index contributed by atoms with van der Waals surface area (Å²) in [6.07, 6.45) is -3.42. The first kappa shape index (κ1) is 17.9. The zero-order valence-corrected chi connectivity index (χ0v) is 13.0. The molecule has 1 N–H and O–H groups in total. The molecule has 1 heterocycles. The third kappa shape index (κ3) is 3.27. The van der Waals surface area contributed by atoms with Gasteiger partial charge in [0.05, 0.1) is 6.54 Å². The Balaban J connectivity index is 2.02. The SMILES string of the molecule is OC(Cn1nnnc1-c1ccc(F)cc1)(c1ccc(F)cc1F)C(F)F. The lowest BCUT2D eigenvalue weighted by molar-refractivity contribution is -0.116. The summed E-state index contributed by atoms with van der Waals surface area (Å²) in [5, 5.41) is 21.0. The van der Waals surface area contributed by atoms with Crippen LogP contribution >= 0.6 is 0 Å². The third-order valence-electron chi connectivity index (χ3n) is 3.78. The second-order valence-electron chi connectivity index (χ2n) is 5.52. The first-order valence-electron chi connectivity index (χ1n) is 7.29. The standard InChI is InChI=1S/C16H11F5N4O/c17-10-3-1-9(2-4-10)14-22-23-24-25(14)8-16(26,15(20)21)12-6-5-11(18)7-13(12)19/h1-7,15,26H,8H2. The lowest BCUT2D eigenvalue weighted by Gasteiger charge is -2.28. The third-order valence-corrected chi connectivity index (χ3v) is 3.78. The summed E-state index contributed by atoms with van der Waals surface area (Å²) in [4.78, 5) is 0. The molecule has 1 unspecified atom stereocenters. The minimum Gasteiger partial charge on any atom is -0.377 e. The van der Waals surface area contributed by atoms with Crippen molar-refractivity contribution in [3.63, 3.8) is 0 Å². The van der Waals surface area contributed by atoms with Gasteiger partial charge in [0.2, 0.25) is 0 Å². The quantitative estimate of drug-likeness (QED) is 0.702. The van der Waals surface area contributed by atoms with Crippen LogP contribution in [0, 0.1) is 17.5 Å². The Bertz CT molecular complexity index is 915. The second kappa shape index (κ2) is 6.79. The van der Waals surface area contributed by atoms with E-state index in [9.17, 15) is 27.1 Å². The average molecular weight is 370 g/mol.